The van der Waals surface area contributed by atoms with E-state index in [0.29, 0.717) is 28.6 Å². The molecule has 0 aromatic carbocycles. The van der Waals surface area contributed by atoms with Crippen LogP contribution in [0.3, 0.4) is 0 Å². The summed E-state index contributed by atoms with van der Waals surface area (Å²) in [4.78, 5) is 35.5. The number of pyridine rings is 1. The number of aromatic nitrogens is 2. The van der Waals surface area contributed by atoms with E-state index >= 15 is 0 Å². The van der Waals surface area contributed by atoms with Gasteiger partial charge in [0.15, 0.2) is 0 Å². The highest BCUT2D eigenvalue weighted by Gasteiger charge is 2.34. The molecule has 0 atom stereocenters. The van der Waals surface area contributed by atoms with Crippen LogP contribution in [0.25, 0.3) is 5.57 Å². The van der Waals surface area contributed by atoms with Crippen LogP contribution in [0.15, 0.2) is 28.4 Å². The summed E-state index contributed by atoms with van der Waals surface area (Å²) in [5, 5.41) is 6.14. The Bertz CT molecular complexity index is 963. The number of carbonyl (C=O) groups is 2. The van der Waals surface area contributed by atoms with Crippen molar-refractivity contribution in [3.05, 3.63) is 39.1 Å². The number of aryl methyl sites for hydroxylation is 1. The van der Waals surface area contributed by atoms with Gasteiger partial charge in [0.1, 0.15) is 5.01 Å². The van der Waals surface area contributed by atoms with Gasteiger partial charge < -0.3 is 16.4 Å². The third-order valence-corrected chi connectivity index (χ3v) is 5.92. The van der Waals surface area contributed by atoms with Gasteiger partial charge in [-0.05, 0) is 34.3 Å². The lowest BCUT2D eigenvalue weighted by molar-refractivity contribution is -0.120. The van der Waals surface area contributed by atoms with Crippen molar-refractivity contribution < 1.29 is 9.59 Å². The molecule has 2 aromatic heterocycles. The Morgan fingerprint density at radius 3 is 2.62 bits per heavy atom. The van der Waals surface area contributed by atoms with E-state index in [0.717, 1.165) is 16.9 Å². The van der Waals surface area contributed by atoms with Crippen LogP contribution in [-0.2, 0) is 9.59 Å². The molecule has 2 aromatic rings. The Morgan fingerprint density at radius 1 is 1.31 bits per heavy atom. The third kappa shape index (κ3) is 5.40. The molecule has 1 aliphatic rings. The number of likely N-dealkylation sites (tertiary alicyclic amines) is 1. The smallest absolute Gasteiger partial charge is 0.260 e. The monoisotopic (exact) mass is 478 g/mol. The molecule has 29 heavy (non-hydrogen) atoms. The van der Waals surface area contributed by atoms with Gasteiger partial charge in [-0.2, -0.15) is 0 Å². The molecule has 8 nitrogen and oxygen atoms in total. The van der Waals surface area contributed by atoms with Gasteiger partial charge in [0.25, 0.3) is 5.91 Å². The largest absolute Gasteiger partial charge is 0.404 e. The standard InChI is InChI=1S/C19H23BrN6O2S/c1-11-14(25-17(28)13(5-21)18-23-7-15(20)29-18)4-12(6-22-11)24-16(27)8-26-9-19(2,3)10-26/h4-7H,8-10,21H2,1-3H3,(H,24,27)(H,25,28)/b13-5-. The average Bonchev–Trinajstić information content (AvgIpc) is 3.03. The van der Waals surface area contributed by atoms with Gasteiger partial charge in [0, 0.05) is 19.3 Å². The van der Waals surface area contributed by atoms with Crippen molar-refractivity contribution in [3.8, 4) is 0 Å². The van der Waals surface area contributed by atoms with Gasteiger partial charge in [0.05, 0.1) is 45.4 Å². The lowest BCUT2D eigenvalue weighted by Crippen LogP contribution is -2.54. The van der Waals surface area contributed by atoms with E-state index in [9.17, 15) is 9.59 Å². The highest BCUT2D eigenvalue weighted by molar-refractivity contribution is 9.11. The number of nitrogens with two attached hydrogens (primary N) is 1. The fraction of sp³-hybridized carbons (Fsp3) is 0.368. The first kappa shape index (κ1) is 21.4. The van der Waals surface area contributed by atoms with E-state index in [1.165, 1.54) is 17.5 Å². The predicted octanol–water partition coefficient (Wildman–Crippen LogP) is 2.83. The van der Waals surface area contributed by atoms with Gasteiger partial charge in [0.2, 0.25) is 5.91 Å². The number of anilines is 2. The van der Waals surface area contributed by atoms with Gasteiger partial charge in [-0.1, -0.05) is 13.8 Å². The Balaban J connectivity index is 1.65. The minimum Gasteiger partial charge on any atom is -0.404 e. The average molecular weight is 479 g/mol. The first-order valence-corrected chi connectivity index (χ1v) is 10.6. The van der Waals surface area contributed by atoms with Crippen molar-refractivity contribution >= 4 is 56.0 Å². The van der Waals surface area contributed by atoms with Gasteiger partial charge in [-0.3, -0.25) is 19.5 Å². The van der Waals surface area contributed by atoms with Crippen LogP contribution in [0.1, 0.15) is 24.5 Å². The molecule has 1 aliphatic heterocycles. The molecule has 0 radical (unpaired) electrons. The summed E-state index contributed by atoms with van der Waals surface area (Å²) in [5.74, 6) is -0.510. The van der Waals surface area contributed by atoms with Crippen LogP contribution < -0.4 is 16.4 Å². The second kappa shape index (κ2) is 8.60. The molecule has 1 saturated heterocycles. The maximum Gasteiger partial charge on any atom is 0.260 e. The summed E-state index contributed by atoms with van der Waals surface area (Å²) < 4.78 is 0.799. The van der Waals surface area contributed by atoms with Crippen LogP contribution in [0, 0.1) is 12.3 Å². The quantitative estimate of drug-likeness (QED) is 0.550. The molecule has 1 fully saturated rings. The van der Waals surface area contributed by atoms with E-state index in [1.807, 2.05) is 0 Å². The second-order valence-corrected chi connectivity index (χ2v) is 10.1. The molecule has 0 unspecified atom stereocenters. The third-order valence-electron chi connectivity index (χ3n) is 4.41. The number of hydrogen-bond donors (Lipinski definition) is 3. The SMILES string of the molecule is Cc1ncc(NC(=O)CN2CC(C)(C)C2)cc1NC(=O)/C(=C/N)c1ncc(Br)s1. The minimum atomic E-state index is -0.398. The Kier molecular flexibility index (Phi) is 6.35. The van der Waals surface area contributed by atoms with Gasteiger partial charge in [-0.15, -0.1) is 11.3 Å². The molecule has 0 aliphatic carbocycles. The molecule has 4 N–H and O–H groups in total. The number of thiazole rings is 1. The molecule has 154 valence electrons. The van der Waals surface area contributed by atoms with E-state index in [2.05, 4.69) is 55.3 Å². The first-order valence-electron chi connectivity index (χ1n) is 9.01. The molecular formula is C19H23BrN6O2S. The first-order chi connectivity index (χ1) is 13.7. The summed E-state index contributed by atoms with van der Waals surface area (Å²) in [6, 6.07) is 1.68. The molecule has 0 saturated carbocycles. The zero-order chi connectivity index (χ0) is 21.2. The predicted molar refractivity (Wildman–Crippen MR) is 118 cm³/mol. The number of carbonyl (C=O) groups excluding carboxylic acids is 2. The summed E-state index contributed by atoms with van der Waals surface area (Å²) in [6.07, 6.45) is 4.41. The number of nitrogens with zero attached hydrogens (tertiary/aromatic N) is 3. The van der Waals surface area contributed by atoms with Crippen molar-refractivity contribution in [1.82, 2.24) is 14.9 Å². The molecule has 3 heterocycles. The number of rotatable bonds is 6. The molecule has 0 bridgehead atoms. The maximum atomic E-state index is 12.7. The van der Waals surface area contributed by atoms with E-state index in [4.69, 9.17) is 5.73 Å². The van der Waals surface area contributed by atoms with Crippen LogP contribution in [0.5, 0.6) is 0 Å². The molecule has 0 spiro atoms. The number of hydrogen-bond acceptors (Lipinski definition) is 7. The number of nitrogens with one attached hydrogen (secondary N) is 2. The van der Waals surface area contributed by atoms with Crippen molar-refractivity contribution in [2.45, 2.75) is 20.8 Å². The Hall–Kier alpha value is -2.30. The molecule has 3 rings (SSSR count). The summed E-state index contributed by atoms with van der Waals surface area (Å²) >= 11 is 4.63. The van der Waals surface area contributed by atoms with Crippen LogP contribution >= 0.6 is 27.3 Å². The van der Waals surface area contributed by atoms with Crippen LogP contribution in [0.4, 0.5) is 11.4 Å². The summed E-state index contributed by atoms with van der Waals surface area (Å²) in [6.45, 7) is 8.25. The molecule has 2 amide bonds. The van der Waals surface area contributed by atoms with Crippen LogP contribution in [0.2, 0.25) is 0 Å². The zero-order valence-corrected chi connectivity index (χ0v) is 18.9. The fourth-order valence-corrected chi connectivity index (χ4v) is 4.45. The van der Waals surface area contributed by atoms with Crippen molar-refractivity contribution in [2.75, 3.05) is 30.3 Å². The van der Waals surface area contributed by atoms with Gasteiger partial charge >= 0.3 is 0 Å². The van der Waals surface area contributed by atoms with Gasteiger partial charge in [-0.25, -0.2) is 4.98 Å². The lowest BCUT2D eigenvalue weighted by Gasteiger charge is -2.45. The Labute approximate surface area is 181 Å². The zero-order valence-electron chi connectivity index (χ0n) is 16.5. The van der Waals surface area contributed by atoms with E-state index < -0.39 is 5.91 Å². The molecular weight excluding hydrogens is 456 g/mol. The van der Waals surface area contributed by atoms with E-state index in [1.54, 1.807) is 25.4 Å². The van der Waals surface area contributed by atoms with Crippen molar-refractivity contribution in [2.24, 2.45) is 11.1 Å². The number of amides is 2. The highest BCUT2D eigenvalue weighted by Crippen LogP contribution is 2.28. The lowest BCUT2D eigenvalue weighted by atomic mass is 9.84. The van der Waals surface area contributed by atoms with E-state index in [-0.39, 0.29) is 16.9 Å². The van der Waals surface area contributed by atoms with Crippen molar-refractivity contribution in [1.29, 1.82) is 0 Å². The van der Waals surface area contributed by atoms with Crippen molar-refractivity contribution in [3.63, 3.8) is 0 Å². The minimum absolute atomic E-state index is 0.112. The maximum absolute atomic E-state index is 12.7. The fourth-order valence-electron chi connectivity index (χ4n) is 3.22. The van der Waals surface area contributed by atoms with Crippen LogP contribution in [-0.4, -0.2) is 46.3 Å². The normalized spacial score (nSPS) is 16.2. The summed E-state index contributed by atoms with van der Waals surface area (Å²) in [7, 11) is 0. The summed E-state index contributed by atoms with van der Waals surface area (Å²) in [5.41, 5.74) is 7.80. The number of halogens is 1. The second-order valence-electron chi connectivity index (χ2n) is 7.72. The topological polar surface area (TPSA) is 113 Å². The Morgan fingerprint density at radius 2 is 2.03 bits per heavy atom. The highest BCUT2D eigenvalue weighted by atomic mass is 79.9. The molecule has 10 heteroatoms.